The third-order valence-corrected chi connectivity index (χ3v) is 7.16. The van der Waals surface area contributed by atoms with E-state index in [1.54, 1.807) is 44.8 Å². The largest absolute Gasteiger partial charge is 0.499 e. The average Bonchev–Trinajstić information content (AvgIpc) is 2.98. The molecule has 9 heteroatoms. The Balaban J connectivity index is 1.60. The van der Waals surface area contributed by atoms with Crippen molar-refractivity contribution < 1.29 is 19.1 Å². The zero-order valence-corrected chi connectivity index (χ0v) is 25.3. The summed E-state index contributed by atoms with van der Waals surface area (Å²) in [5.41, 5.74) is 4.03. The Kier molecular flexibility index (Phi) is 10.2. The number of fused-ring (bicyclic) bond motifs is 1. The molecule has 2 N–H and O–H groups in total. The van der Waals surface area contributed by atoms with Crippen molar-refractivity contribution in [3.8, 4) is 17.0 Å². The number of hydrogen-bond acceptors (Lipinski definition) is 6. The topological polar surface area (TPSA) is 96.0 Å². The van der Waals surface area contributed by atoms with Gasteiger partial charge < -0.3 is 25.0 Å². The molecule has 1 aliphatic rings. The van der Waals surface area contributed by atoms with E-state index < -0.39 is 0 Å². The number of nitrogens with one attached hydrogen (secondary N) is 2. The van der Waals surface area contributed by atoms with Crippen LogP contribution in [0.4, 0.5) is 10.5 Å². The molecule has 3 amide bonds. The Labute approximate surface area is 248 Å². The number of anilines is 1. The minimum atomic E-state index is -0.340. The van der Waals surface area contributed by atoms with Crippen LogP contribution >= 0.6 is 0 Å². The van der Waals surface area contributed by atoms with Crippen molar-refractivity contribution in [1.82, 2.24) is 20.1 Å². The van der Waals surface area contributed by atoms with Gasteiger partial charge in [0.15, 0.2) is 0 Å². The molecule has 0 aliphatic carbocycles. The van der Waals surface area contributed by atoms with Crippen LogP contribution in [0.25, 0.3) is 11.3 Å². The highest BCUT2D eigenvalue weighted by atomic mass is 16.5. The van der Waals surface area contributed by atoms with Crippen molar-refractivity contribution >= 4 is 17.6 Å². The molecule has 0 bridgehead atoms. The van der Waals surface area contributed by atoms with Crippen LogP contribution in [-0.4, -0.2) is 66.1 Å². The van der Waals surface area contributed by atoms with Gasteiger partial charge in [-0.05, 0) is 56.7 Å². The molecule has 0 saturated carbocycles. The van der Waals surface area contributed by atoms with E-state index in [9.17, 15) is 9.59 Å². The SMILES string of the molecule is CO/C1=C/N(C)C(=O)c2cc(NC(=O)NC(C)C)ccc2OC[C@H](C)N(Cc2ccc(-c3ccccn3)cc2)C[C@@H]1C. The van der Waals surface area contributed by atoms with Gasteiger partial charge in [0.1, 0.15) is 18.1 Å². The predicted molar refractivity (Wildman–Crippen MR) is 165 cm³/mol. The van der Waals surface area contributed by atoms with Gasteiger partial charge in [0, 0.05) is 61.8 Å². The molecule has 2 atom stereocenters. The highest BCUT2D eigenvalue weighted by molar-refractivity contribution is 5.99. The molecule has 0 radical (unpaired) electrons. The predicted octanol–water partition coefficient (Wildman–Crippen LogP) is 5.76. The van der Waals surface area contributed by atoms with Crippen LogP contribution in [0, 0.1) is 5.92 Å². The highest BCUT2D eigenvalue weighted by Crippen LogP contribution is 2.27. The standard InChI is InChI=1S/C33H41N5O4/c1-22(2)35-33(40)36-27-14-15-30-28(17-27)32(39)37(5)20-31(41-6)23(3)18-38(24(4)21-42-30)19-25-10-12-26(13-11-25)29-9-7-8-16-34-29/h7-17,20,22-24H,18-19,21H2,1-6H3,(H2,35,36,40)/b31-20+/t23-,24-/m0/s1. The first-order chi connectivity index (χ1) is 20.1. The number of carbonyl (C=O) groups excluding carboxylic acids is 2. The molecule has 3 aromatic rings. The summed E-state index contributed by atoms with van der Waals surface area (Å²) in [6.45, 7) is 9.76. The van der Waals surface area contributed by atoms with E-state index in [0.29, 0.717) is 42.5 Å². The van der Waals surface area contributed by atoms with Crippen LogP contribution in [0.3, 0.4) is 0 Å². The smallest absolute Gasteiger partial charge is 0.319 e. The lowest BCUT2D eigenvalue weighted by molar-refractivity contribution is 0.0812. The summed E-state index contributed by atoms with van der Waals surface area (Å²) < 4.78 is 12.0. The fourth-order valence-corrected chi connectivity index (χ4v) is 4.86. The minimum Gasteiger partial charge on any atom is -0.499 e. The molecule has 0 saturated heterocycles. The van der Waals surface area contributed by atoms with Gasteiger partial charge in [0.05, 0.1) is 18.4 Å². The Morgan fingerprint density at radius 1 is 1.12 bits per heavy atom. The number of carbonyl (C=O) groups is 2. The number of nitrogens with zero attached hydrogens (tertiary/aromatic N) is 3. The molecule has 4 rings (SSSR count). The lowest BCUT2D eigenvalue weighted by Gasteiger charge is -2.33. The maximum Gasteiger partial charge on any atom is 0.319 e. The number of aromatic nitrogens is 1. The van der Waals surface area contributed by atoms with Gasteiger partial charge >= 0.3 is 6.03 Å². The molecular weight excluding hydrogens is 530 g/mol. The summed E-state index contributed by atoms with van der Waals surface area (Å²) in [6.07, 6.45) is 3.53. The van der Waals surface area contributed by atoms with Crippen molar-refractivity contribution in [2.75, 3.05) is 32.6 Å². The fraction of sp³-hybridized carbons (Fsp3) is 0.364. The van der Waals surface area contributed by atoms with Gasteiger partial charge in [-0.25, -0.2) is 4.79 Å². The van der Waals surface area contributed by atoms with Crippen molar-refractivity contribution in [1.29, 1.82) is 0 Å². The number of hydrogen-bond donors (Lipinski definition) is 2. The second-order valence-electron chi connectivity index (χ2n) is 11.0. The summed E-state index contributed by atoms with van der Waals surface area (Å²) in [6, 6.07) is 19.2. The first-order valence-corrected chi connectivity index (χ1v) is 14.3. The maximum absolute atomic E-state index is 13.6. The molecule has 9 nitrogen and oxygen atoms in total. The van der Waals surface area contributed by atoms with E-state index in [-0.39, 0.29) is 29.9 Å². The lowest BCUT2D eigenvalue weighted by atomic mass is 10.0. The molecule has 1 aromatic heterocycles. The first kappa shape index (κ1) is 30.6. The summed E-state index contributed by atoms with van der Waals surface area (Å²) in [5.74, 6) is 0.890. The molecule has 0 spiro atoms. The Morgan fingerprint density at radius 2 is 1.88 bits per heavy atom. The van der Waals surface area contributed by atoms with Gasteiger partial charge in [-0.2, -0.15) is 0 Å². The molecule has 2 aromatic carbocycles. The van der Waals surface area contributed by atoms with E-state index in [1.165, 1.54) is 10.5 Å². The van der Waals surface area contributed by atoms with Gasteiger partial charge in [-0.15, -0.1) is 0 Å². The molecule has 0 unspecified atom stereocenters. The summed E-state index contributed by atoms with van der Waals surface area (Å²) >= 11 is 0. The van der Waals surface area contributed by atoms with Gasteiger partial charge in [-0.1, -0.05) is 37.3 Å². The lowest BCUT2D eigenvalue weighted by Crippen LogP contribution is -2.40. The number of rotatable bonds is 6. The number of methoxy groups -OCH3 is 1. The second kappa shape index (κ2) is 14.0. The van der Waals surface area contributed by atoms with Gasteiger partial charge in [0.2, 0.25) is 0 Å². The van der Waals surface area contributed by atoms with Crippen molar-refractivity contribution in [3.05, 3.63) is 89.9 Å². The number of benzene rings is 2. The van der Waals surface area contributed by atoms with Crippen LogP contribution in [0.1, 0.15) is 43.6 Å². The molecular formula is C33H41N5O4. The zero-order valence-electron chi connectivity index (χ0n) is 25.3. The number of ether oxygens (including phenoxy) is 2. The Morgan fingerprint density at radius 3 is 2.55 bits per heavy atom. The summed E-state index contributed by atoms with van der Waals surface area (Å²) in [7, 11) is 3.32. The van der Waals surface area contributed by atoms with Crippen molar-refractivity contribution in [3.63, 3.8) is 0 Å². The monoisotopic (exact) mass is 571 g/mol. The number of urea groups is 1. The maximum atomic E-state index is 13.6. The number of pyridine rings is 1. The minimum absolute atomic E-state index is 0.00659. The molecule has 42 heavy (non-hydrogen) atoms. The van der Waals surface area contributed by atoms with Crippen LogP contribution in [0.5, 0.6) is 5.75 Å². The van der Waals surface area contributed by atoms with E-state index in [1.807, 2.05) is 32.0 Å². The number of amides is 3. The van der Waals surface area contributed by atoms with Crippen molar-refractivity contribution in [2.45, 2.75) is 46.3 Å². The van der Waals surface area contributed by atoms with Gasteiger partial charge in [-0.3, -0.25) is 14.7 Å². The Bertz CT molecular complexity index is 1390. The molecule has 0 fully saturated rings. The third kappa shape index (κ3) is 7.88. The normalized spacial score (nSPS) is 19.5. The third-order valence-electron chi connectivity index (χ3n) is 7.16. The van der Waals surface area contributed by atoms with Gasteiger partial charge in [0.25, 0.3) is 5.91 Å². The van der Waals surface area contributed by atoms with Crippen molar-refractivity contribution in [2.24, 2.45) is 5.92 Å². The van der Waals surface area contributed by atoms with Crippen LogP contribution in [0.15, 0.2) is 78.8 Å². The van der Waals surface area contributed by atoms with E-state index in [0.717, 1.165) is 11.3 Å². The highest BCUT2D eigenvalue weighted by Gasteiger charge is 2.25. The average molecular weight is 572 g/mol. The van der Waals surface area contributed by atoms with Crippen LogP contribution < -0.4 is 15.4 Å². The summed E-state index contributed by atoms with van der Waals surface area (Å²) in [5, 5.41) is 5.60. The zero-order chi connectivity index (χ0) is 30.2. The quantitative estimate of drug-likeness (QED) is 0.391. The molecule has 2 heterocycles. The second-order valence-corrected chi connectivity index (χ2v) is 11.0. The van der Waals surface area contributed by atoms with Crippen LogP contribution in [-0.2, 0) is 11.3 Å². The van der Waals surface area contributed by atoms with E-state index in [4.69, 9.17) is 9.47 Å². The first-order valence-electron chi connectivity index (χ1n) is 14.3. The molecule has 222 valence electrons. The molecule has 1 aliphatic heterocycles. The Hall–Kier alpha value is -4.37. The fourth-order valence-electron chi connectivity index (χ4n) is 4.86. The summed E-state index contributed by atoms with van der Waals surface area (Å²) in [4.78, 5) is 34.2. The van der Waals surface area contributed by atoms with Crippen LogP contribution in [0.2, 0.25) is 0 Å². The van der Waals surface area contributed by atoms with E-state index in [2.05, 4.69) is 58.6 Å². The van der Waals surface area contributed by atoms with E-state index >= 15 is 0 Å².